The van der Waals surface area contributed by atoms with Gasteiger partial charge >= 0.3 is 6.09 Å². The summed E-state index contributed by atoms with van der Waals surface area (Å²) in [5.74, 6) is -0.799. The van der Waals surface area contributed by atoms with Crippen molar-refractivity contribution in [2.75, 3.05) is 23.9 Å². The van der Waals surface area contributed by atoms with Gasteiger partial charge in [0, 0.05) is 24.7 Å². The van der Waals surface area contributed by atoms with Gasteiger partial charge in [-0.25, -0.2) is 13.2 Å². The maximum Gasteiger partial charge on any atom is 0.408 e. The Hall–Kier alpha value is -3.83. The van der Waals surface area contributed by atoms with Crippen LogP contribution in [0.25, 0.3) is 0 Å². The molecule has 0 aromatic heterocycles. The van der Waals surface area contributed by atoms with Crippen molar-refractivity contribution in [3.8, 4) is 0 Å². The number of sulfonamides is 1. The van der Waals surface area contributed by atoms with Crippen LogP contribution in [0, 0.1) is 5.41 Å². The summed E-state index contributed by atoms with van der Waals surface area (Å²) in [6.45, 7) is 17.1. The van der Waals surface area contributed by atoms with Crippen LogP contribution in [0.1, 0.15) is 57.8 Å². The molecule has 1 saturated heterocycles. The Morgan fingerprint density at radius 1 is 1.13 bits per heavy atom. The monoisotopic (exact) mass is 658 g/mol. The van der Waals surface area contributed by atoms with E-state index in [0.717, 1.165) is 4.31 Å². The highest BCUT2D eigenvalue weighted by Gasteiger charge is 2.37. The van der Waals surface area contributed by atoms with Crippen LogP contribution in [-0.4, -0.2) is 68.5 Å². The molecule has 3 amide bonds. The average Bonchev–Trinajstić information content (AvgIpc) is 2.94. The van der Waals surface area contributed by atoms with E-state index in [1.54, 1.807) is 56.0 Å². The molecule has 2 unspecified atom stereocenters. The highest BCUT2D eigenvalue weighted by molar-refractivity contribution is 7.92. The Morgan fingerprint density at radius 3 is 2.44 bits per heavy atom. The second kappa shape index (κ2) is 14.5. The molecular formula is C33H43ClN4O6S. The van der Waals surface area contributed by atoms with Crippen molar-refractivity contribution in [1.29, 1.82) is 0 Å². The Labute approximate surface area is 271 Å². The Bertz CT molecular complexity index is 1540. The van der Waals surface area contributed by atoms with E-state index in [1.807, 2.05) is 13.8 Å². The number of amides is 3. The quantitative estimate of drug-likeness (QED) is 0.305. The van der Waals surface area contributed by atoms with E-state index in [9.17, 15) is 22.8 Å². The molecule has 45 heavy (non-hydrogen) atoms. The van der Waals surface area contributed by atoms with Crippen LogP contribution in [-0.2, 0) is 19.6 Å². The van der Waals surface area contributed by atoms with Crippen molar-refractivity contribution in [3.05, 3.63) is 84.4 Å². The summed E-state index contributed by atoms with van der Waals surface area (Å²) in [7, 11) is -4.11. The molecule has 0 spiro atoms. The first-order valence-corrected chi connectivity index (χ1v) is 16.5. The number of rotatable bonds is 11. The highest BCUT2D eigenvalue weighted by Crippen LogP contribution is 2.32. The fourth-order valence-corrected chi connectivity index (χ4v) is 7.03. The lowest BCUT2D eigenvalue weighted by molar-refractivity contribution is -0.124. The molecule has 2 N–H and O–H groups in total. The zero-order chi connectivity index (χ0) is 33.6. The molecule has 1 aliphatic rings. The number of ether oxygens (including phenoxy) is 1. The first-order valence-electron chi connectivity index (χ1n) is 14.7. The predicted octanol–water partition coefficient (Wildman–Crippen LogP) is 5.55. The number of alkyl carbamates (subject to hydrolysis) is 1. The van der Waals surface area contributed by atoms with Gasteiger partial charge in [0.25, 0.3) is 15.9 Å². The summed E-state index contributed by atoms with van der Waals surface area (Å²) >= 11 is 6.33. The SMILES string of the molecule is C=CCC(NC(=O)OC(C)(C)C)C(=O)NC1CN(C(=O)c2cccc(S(=O)(=O)N(CC=C)c3ccccc3Cl)c2)CC(C)(C)C1. The Kier molecular flexibility index (Phi) is 11.5. The third-order valence-corrected chi connectivity index (χ3v) is 9.08. The average molecular weight is 659 g/mol. The van der Waals surface area contributed by atoms with Crippen LogP contribution in [0.2, 0.25) is 5.02 Å². The highest BCUT2D eigenvalue weighted by atomic mass is 35.5. The second-order valence-electron chi connectivity index (χ2n) is 12.8. The number of nitrogens with zero attached hydrogens (tertiary/aromatic N) is 2. The molecule has 2 atom stereocenters. The van der Waals surface area contributed by atoms with E-state index in [1.165, 1.54) is 30.4 Å². The summed E-state index contributed by atoms with van der Waals surface area (Å²) < 4.78 is 34.0. The number of hydrogen-bond acceptors (Lipinski definition) is 6. The van der Waals surface area contributed by atoms with Crippen molar-refractivity contribution in [1.82, 2.24) is 15.5 Å². The van der Waals surface area contributed by atoms with Crippen LogP contribution >= 0.6 is 11.6 Å². The number of likely N-dealkylation sites (tertiary alicyclic amines) is 1. The van der Waals surface area contributed by atoms with Gasteiger partial charge in [-0.05, 0) is 69.4 Å². The van der Waals surface area contributed by atoms with E-state index in [2.05, 4.69) is 23.8 Å². The molecule has 0 aliphatic carbocycles. The molecule has 1 aliphatic heterocycles. The zero-order valence-corrected chi connectivity index (χ0v) is 28.1. The summed E-state index contributed by atoms with van der Waals surface area (Å²) in [6, 6.07) is 11.1. The van der Waals surface area contributed by atoms with Gasteiger partial charge in [-0.3, -0.25) is 13.9 Å². The van der Waals surface area contributed by atoms with Crippen LogP contribution < -0.4 is 14.9 Å². The van der Waals surface area contributed by atoms with E-state index in [-0.39, 0.29) is 46.3 Å². The molecule has 244 valence electrons. The fraction of sp³-hybridized carbons (Fsp3) is 0.424. The molecule has 12 heteroatoms. The molecule has 2 aromatic rings. The number of para-hydroxylation sites is 1. The summed E-state index contributed by atoms with van der Waals surface area (Å²) in [4.78, 5) is 41.0. The van der Waals surface area contributed by atoms with Gasteiger partial charge < -0.3 is 20.3 Å². The third kappa shape index (κ3) is 9.58. The molecule has 1 heterocycles. The number of halogens is 1. The van der Waals surface area contributed by atoms with Crippen molar-refractivity contribution in [2.24, 2.45) is 5.41 Å². The van der Waals surface area contributed by atoms with E-state index >= 15 is 0 Å². The normalized spacial score (nSPS) is 17.0. The van der Waals surface area contributed by atoms with Gasteiger partial charge in [-0.2, -0.15) is 0 Å². The summed E-state index contributed by atoms with van der Waals surface area (Å²) in [6.07, 6.45) is 3.04. The standard InChI is InChI=1S/C33H43ClN4O6S/c1-8-13-27(36-31(41)44-32(3,4)5)29(39)35-24-20-33(6,7)22-37(21-24)30(40)23-14-12-15-25(19-23)45(42,43)38(18-9-2)28-17-11-10-16-26(28)34/h8-12,14-17,19,24,27H,1-2,13,18,20-22H2,3-7H3,(H,35,39)(H,36,41). The molecule has 2 aromatic carbocycles. The maximum atomic E-state index is 13.8. The van der Waals surface area contributed by atoms with E-state index < -0.39 is 39.7 Å². The van der Waals surface area contributed by atoms with Crippen molar-refractivity contribution in [2.45, 2.75) is 70.0 Å². The molecular weight excluding hydrogens is 616 g/mol. The lowest BCUT2D eigenvalue weighted by atomic mass is 9.81. The summed E-state index contributed by atoms with van der Waals surface area (Å²) in [5.41, 5.74) is -0.619. The number of carbonyl (C=O) groups excluding carboxylic acids is 3. The predicted molar refractivity (Wildman–Crippen MR) is 177 cm³/mol. The van der Waals surface area contributed by atoms with Crippen molar-refractivity contribution >= 4 is 45.2 Å². The topological polar surface area (TPSA) is 125 Å². The number of nitrogens with one attached hydrogen (secondary N) is 2. The number of carbonyl (C=O) groups is 3. The van der Waals surface area contributed by atoms with Gasteiger partial charge in [-0.15, -0.1) is 13.2 Å². The maximum absolute atomic E-state index is 13.8. The fourth-order valence-electron chi connectivity index (χ4n) is 5.24. The largest absolute Gasteiger partial charge is 0.444 e. The molecule has 0 radical (unpaired) electrons. The number of piperidine rings is 1. The minimum absolute atomic E-state index is 0.0262. The molecule has 3 rings (SSSR count). The van der Waals surface area contributed by atoms with Crippen LogP contribution in [0.5, 0.6) is 0 Å². The lowest BCUT2D eigenvalue weighted by Gasteiger charge is -2.43. The molecule has 0 bridgehead atoms. The van der Waals surface area contributed by atoms with E-state index in [0.29, 0.717) is 18.7 Å². The van der Waals surface area contributed by atoms with E-state index in [4.69, 9.17) is 16.3 Å². The van der Waals surface area contributed by atoms with Crippen LogP contribution in [0.4, 0.5) is 10.5 Å². The first kappa shape index (κ1) is 35.6. The molecule has 0 saturated carbocycles. The zero-order valence-electron chi connectivity index (χ0n) is 26.5. The second-order valence-corrected chi connectivity index (χ2v) is 15.1. The van der Waals surface area contributed by atoms with Crippen LogP contribution in [0.15, 0.2) is 78.7 Å². The number of hydrogen-bond donors (Lipinski definition) is 2. The van der Waals surface area contributed by atoms with Crippen LogP contribution in [0.3, 0.4) is 0 Å². The molecule has 10 nitrogen and oxygen atoms in total. The number of anilines is 1. The minimum Gasteiger partial charge on any atom is -0.444 e. The molecule has 1 fully saturated rings. The lowest BCUT2D eigenvalue weighted by Crippen LogP contribution is -2.58. The Balaban J connectivity index is 1.82. The van der Waals surface area contributed by atoms with Crippen molar-refractivity contribution < 1.29 is 27.5 Å². The van der Waals surface area contributed by atoms with Crippen molar-refractivity contribution in [3.63, 3.8) is 0 Å². The number of benzene rings is 2. The first-order chi connectivity index (χ1) is 21.0. The van der Waals surface area contributed by atoms with Gasteiger partial charge in [0.1, 0.15) is 11.6 Å². The minimum atomic E-state index is -4.11. The summed E-state index contributed by atoms with van der Waals surface area (Å²) in [5, 5.41) is 5.83. The van der Waals surface area contributed by atoms with Gasteiger partial charge in [-0.1, -0.05) is 55.8 Å². The van der Waals surface area contributed by atoms with Gasteiger partial charge in [0.15, 0.2) is 0 Å². The smallest absolute Gasteiger partial charge is 0.408 e. The third-order valence-electron chi connectivity index (χ3n) is 6.99. The Morgan fingerprint density at radius 2 is 1.82 bits per heavy atom. The van der Waals surface area contributed by atoms with Gasteiger partial charge in [0.05, 0.1) is 22.2 Å². The van der Waals surface area contributed by atoms with Gasteiger partial charge in [0.2, 0.25) is 5.91 Å².